The van der Waals surface area contributed by atoms with Crippen molar-refractivity contribution in [1.29, 1.82) is 0 Å². The van der Waals surface area contributed by atoms with Gasteiger partial charge in [0.2, 0.25) is 0 Å². The van der Waals surface area contributed by atoms with E-state index in [9.17, 15) is 18.4 Å². The van der Waals surface area contributed by atoms with Crippen LogP contribution in [0.15, 0.2) is 30.3 Å². The van der Waals surface area contributed by atoms with Crippen LogP contribution in [0.4, 0.5) is 14.5 Å². The van der Waals surface area contributed by atoms with Gasteiger partial charge in [-0.3, -0.25) is 4.79 Å². The number of carbonyl (C=O) groups excluding carboxylic acids is 2. The number of benzene rings is 2. The first kappa shape index (κ1) is 19.7. The molecule has 0 unspecified atom stereocenters. The molecule has 0 radical (unpaired) electrons. The molecule has 0 aliphatic rings. The Morgan fingerprint density at radius 2 is 1.73 bits per heavy atom. The second kappa shape index (κ2) is 8.14. The molecule has 2 aromatic carbocycles. The number of esters is 1. The fourth-order valence-corrected chi connectivity index (χ4v) is 2.27. The van der Waals surface area contributed by atoms with Crippen molar-refractivity contribution >= 4 is 29.2 Å². The molecule has 1 amide bonds. The second-order valence-corrected chi connectivity index (χ2v) is 5.90. The molecule has 0 saturated heterocycles. The lowest BCUT2D eigenvalue weighted by atomic mass is 10.2. The molecule has 2 rings (SSSR count). The first-order valence-corrected chi connectivity index (χ1v) is 7.91. The number of amides is 1. The highest BCUT2D eigenvalue weighted by Crippen LogP contribution is 2.31. The third-order valence-corrected chi connectivity index (χ3v) is 3.90. The summed E-state index contributed by atoms with van der Waals surface area (Å²) in [5, 5.41) is 3.03. The van der Waals surface area contributed by atoms with Crippen LogP contribution >= 0.6 is 11.6 Å². The van der Waals surface area contributed by atoms with Gasteiger partial charge in [-0.05, 0) is 37.6 Å². The summed E-state index contributed by atoms with van der Waals surface area (Å²) in [6.45, 7) is 3.08. The van der Waals surface area contributed by atoms with Gasteiger partial charge in [0.15, 0.2) is 6.10 Å². The number of hydrogen-bond acceptors (Lipinski definition) is 4. The normalized spacial score (nSPS) is 11.6. The van der Waals surface area contributed by atoms with Gasteiger partial charge in [0, 0.05) is 17.2 Å². The van der Waals surface area contributed by atoms with Crippen LogP contribution in [-0.2, 0) is 9.53 Å². The number of rotatable bonds is 5. The van der Waals surface area contributed by atoms with Gasteiger partial charge in [-0.15, -0.1) is 0 Å². The van der Waals surface area contributed by atoms with Crippen LogP contribution in [0.1, 0.15) is 22.8 Å². The summed E-state index contributed by atoms with van der Waals surface area (Å²) in [6, 6.07) is 5.42. The number of ether oxygens (including phenoxy) is 2. The summed E-state index contributed by atoms with van der Waals surface area (Å²) in [5.41, 5.74) is 0.726. The van der Waals surface area contributed by atoms with Gasteiger partial charge in [0.05, 0.1) is 18.4 Å². The number of halogens is 3. The Balaban J connectivity index is 2.10. The Morgan fingerprint density at radius 3 is 2.31 bits per heavy atom. The van der Waals surface area contributed by atoms with Crippen molar-refractivity contribution in [2.45, 2.75) is 20.0 Å². The summed E-state index contributed by atoms with van der Waals surface area (Å²) in [7, 11) is 1.42. The Kier molecular flexibility index (Phi) is 6.15. The zero-order valence-electron chi connectivity index (χ0n) is 14.2. The van der Waals surface area contributed by atoms with E-state index in [2.05, 4.69) is 5.32 Å². The molecule has 0 fully saturated rings. The van der Waals surface area contributed by atoms with E-state index >= 15 is 0 Å². The van der Waals surface area contributed by atoms with Gasteiger partial charge in [0.25, 0.3) is 5.91 Å². The Morgan fingerprint density at radius 1 is 1.12 bits per heavy atom. The second-order valence-electron chi connectivity index (χ2n) is 5.50. The van der Waals surface area contributed by atoms with E-state index in [1.54, 1.807) is 19.1 Å². The van der Waals surface area contributed by atoms with Crippen LogP contribution in [-0.4, -0.2) is 25.1 Å². The van der Waals surface area contributed by atoms with Crippen LogP contribution < -0.4 is 10.1 Å². The van der Waals surface area contributed by atoms with E-state index in [-0.39, 0.29) is 5.56 Å². The summed E-state index contributed by atoms with van der Waals surface area (Å²) in [4.78, 5) is 24.2. The number of aryl methyl sites for hydroxylation is 1. The van der Waals surface area contributed by atoms with Crippen LogP contribution in [0.25, 0.3) is 0 Å². The first-order chi connectivity index (χ1) is 12.2. The minimum atomic E-state index is -1.21. The van der Waals surface area contributed by atoms with Gasteiger partial charge in [-0.25, -0.2) is 13.6 Å². The predicted molar refractivity (Wildman–Crippen MR) is 92.6 cm³/mol. The van der Waals surface area contributed by atoms with Crippen LogP contribution in [0.2, 0.25) is 5.02 Å². The first-order valence-electron chi connectivity index (χ1n) is 7.53. The van der Waals surface area contributed by atoms with Gasteiger partial charge in [-0.1, -0.05) is 11.6 Å². The monoisotopic (exact) mass is 383 g/mol. The zero-order valence-corrected chi connectivity index (χ0v) is 15.0. The molecule has 0 aliphatic heterocycles. The molecule has 8 heteroatoms. The quantitative estimate of drug-likeness (QED) is 0.789. The Hall–Kier alpha value is -2.67. The molecule has 1 atom stereocenters. The van der Waals surface area contributed by atoms with Gasteiger partial charge in [-0.2, -0.15) is 0 Å². The Bertz CT molecular complexity index is 837. The van der Waals surface area contributed by atoms with E-state index in [0.29, 0.717) is 28.1 Å². The van der Waals surface area contributed by atoms with Crippen molar-refractivity contribution in [3.05, 3.63) is 58.1 Å². The molecule has 0 aromatic heterocycles. The van der Waals surface area contributed by atoms with E-state index in [0.717, 1.165) is 12.1 Å². The topological polar surface area (TPSA) is 64.6 Å². The van der Waals surface area contributed by atoms with E-state index < -0.39 is 29.6 Å². The molecular formula is C18H16ClF2NO4. The molecular weight excluding hydrogens is 368 g/mol. The molecule has 0 heterocycles. The predicted octanol–water partition coefficient (Wildman–Crippen LogP) is 4.12. The third-order valence-electron chi connectivity index (χ3n) is 3.49. The highest BCUT2D eigenvalue weighted by Gasteiger charge is 2.21. The van der Waals surface area contributed by atoms with Crippen LogP contribution in [0, 0.1) is 18.6 Å². The summed E-state index contributed by atoms with van der Waals surface area (Å²) >= 11 is 6.00. The Labute approximate surface area is 153 Å². The van der Waals surface area contributed by atoms with Gasteiger partial charge >= 0.3 is 5.97 Å². The van der Waals surface area contributed by atoms with Crippen molar-refractivity contribution in [3.63, 3.8) is 0 Å². The van der Waals surface area contributed by atoms with Crippen molar-refractivity contribution in [2.24, 2.45) is 0 Å². The zero-order chi connectivity index (χ0) is 19.4. The van der Waals surface area contributed by atoms with Crippen molar-refractivity contribution in [1.82, 2.24) is 0 Å². The molecule has 0 saturated carbocycles. The lowest BCUT2D eigenvalue weighted by Gasteiger charge is -2.16. The average molecular weight is 384 g/mol. The minimum absolute atomic E-state index is 0.331. The molecule has 138 valence electrons. The number of carbonyl (C=O) groups is 2. The lowest BCUT2D eigenvalue weighted by molar-refractivity contribution is -0.123. The average Bonchev–Trinajstić information content (AvgIpc) is 2.56. The number of hydrogen-bond donors (Lipinski definition) is 1. The van der Waals surface area contributed by atoms with Crippen LogP contribution in [0.3, 0.4) is 0 Å². The molecule has 2 aromatic rings. The van der Waals surface area contributed by atoms with Gasteiger partial charge < -0.3 is 14.8 Å². The SMILES string of the molecule is COc1cc(Cl)c(C)cc1NC(=O)[C@H](C)OC(=O)c1cc(F)cc(F)c1. The maximum Gasteiger partial charge on any atom is 0.339 e. The maximum absolute atomic E-state index is 13.2. The summed E-state index contributed by atoms with van der Waals surface area (Å²) < 4.78 is 36.5. The van der Waals surface area contributed by atoms with Crippen molar-refractivity contribution in [2.75, 3.05) is 12.4 Å². The standard InChI is InChI=1S/C18H16ClF2NO4/c1-9-4-15(16(25-3)8-14(9)19)22-17(23)10(2)26-18(24)11-5-12(20)7-13(21)6-11/h4-8,10H,1-3H3,(H,22,23)/t10-/m0/s1. The largest absolute Gasteiger partial charge is 0.495 e. The van der Waals surface area contributed by atoms with Gasteiger partial charge in [0.1, 0.15) is 17.4 Å². The fraction of sp³-hybridized carbons (Fsp3) is 0.222. The molecule has 26 heavy (non-hydrogen) atoms. The molecule has 0 bridgehead atoms. The van der Waals surface area contributed by atoms with E-state index in [1.807, 2.05) is 0 Å². The number of anilines is 1. The third kappa shape index (κ3) is 4.70. The molecule has 0 aliphatic carbocycles. The van der Waals surface area contributed by atoms with Crippen LogP contribution in [0.5, 0.6) is 5.75 Å². The summed E-state index contributed by atoms with van der Waals surface area (Å²) in [6.07, 6.45) is -1.21. The highest BCUT2D eigenvalue weighted by atomic mass is 35.5. The van der Waals surface area contributed by atoms with Crippen molar-refractivity contribution < 1.29 is 27.8 Å². The maximum atomic E-state index is 13.2. The summed E-state index contributed by atoms with van der Waals surface area (Å²) in [5.74, 6) is -3.17. The minimum Gasteiger partial charge on any atom is -0.495 e. The number of methoxy groups -OCH3 is 1. The smallest absolute Gasteiger partial charge is 0.339 e. The molecule has 0 spiro atoms. The van der Waals surface area contributed by atoms with E-state index in [4.69, 9.17) is 21.1 Å². The van der Waals surface area contributed by atoms with E-state index in [1.165, 1.54) is 14.0 Å². The molecule has 1 N–H and O–H groups in total. The van der Waals surface area contributed by atoms with Crippen molar-refractivity contribution in [3.8, 4) is 5.75 Å². The fourth-order valence-electron chi connectivity index (χ4n) is 2.12. The lowest BCUT2D eigenvalue weighted by Crippen LogP contribution is -2.30. The molecule has 5 nitrogen and oxygen atoms in total. The highest BCUT2D eigenvalue weighted by molar-refractivity contribution is 6.31. The number of nitrogens with one attached hydrogen (secondary N) is 1.